The number of carbonyl (C=O) groups excluding carboxylic acids is 2. The number of halogens is 1. The van der Waals surface area contributed by atoms with E-state index in [4.69, 9.17) is 5.11 Å². The van der Waals surface area contributed by atoms with Crippen LogP contribution in [0.2, 0.25) is 0 Å². The number of urea groups is 1. The Kier molecular flexibility index (Phi) is 4.37. The molecule has 3 N–H and O–H groups in total. The van der Waals surface area contributed by atoms with Gasteiger partial charge in [0.15, 0.2) is 5.82 Å². The highest BCUT2D eigenvalue weighted by Gasteiger charge is 2.29. The van der Waals surface area contributed by atoms with Crippen molar-refractivity contribution in [1.82, 2.24) is 10.2 Å². The number of nitrogens with zero attached hydrogens (tertiary/aromatic N) is 1. The Morgan fingerprint density at radius 3 is 2.92 bits per heavy atom. The smallest absolute Gasteiger partial charge is 0.321 e. The van der Waals surface area contributed by atoms with E-state index >= 15 is 0 Å². The van der Waals surface area contributed by atoms with Gasteiger partial charge in [-0.25, -0.2) is 9.18 Å². The Hall–Kier alpha value is -2.64. The van der Waals surface area contributed by atoms with E-state index in [1.54, 1.807) is 0 Å². The monoisotopic (exact) mass is 335 g/mol. The second kappa shape index (κ2) is 6.46. The number of carbonyl (C=O) groups is 3. The van der Waals surface area contributed by atoms with E-state index in [1.165, 1.54) is 17.0 Å². The van der Waals surface area contributed by atoms with Crippen molar-refractivity contribution in [3.8, 4) is 0 Å². The Morgan fingerprint density at radius 2 is 2.17 bits per heavy atom. The summed E-state index contributed by atoms with van der Waals surface area (Å²) >= 11 is 0. The largest absolute Gasteiger partial charge is 0.481 e. The number of fused-ring (bicyclic) bond motifs is 1. The molecule has 128 valence electrons. The molecule has 7 nitrogen and oxygen atoms in total. The molecule has 0 radical (unpaired) electrons. The van der Waals surface area contributed by atoms with E-state index in [0.717, 1.165) is 0 Å². The molecule has 2 heterocycles. The Labute approximate surface area is 137 Å². The van der Waals surface area contributed by atoms with Gasteiger partial charge in [0, 0.05) is 30.8 Å². The van der Waals surface area contributed by atoms with Crippen LogP contribution in [-0.2, 0) is 11.2 Å². The minimum atomic E-state index is -0.932. The fraction of sp³-hybridized carbons (Fsp3) is 0.438. The van der Waals surface area contributed by atoms with Crippen molar-refractivity contribution in [2.45, 2.75) is 19.3 Å². The van der Waals surface area contributed by atoms with Gasteiger partial charge in [0.2, 0.25) is 0 Å². The molecule has 2 aliphatic rings. The predicted molar refractivity (Wildman–Crippen MR) is 83.4 cm³/mol. The molecular formula is C16H18FN3O4. The first-order valence-electron chi connectivity index (χ1n) is 7.85. The van der Waals surface area contributed by atoms with Crippen molar-refractivity contribution in [3.05, 3.63) is 29.1 Å². The van der Waals surface area contributed by atoms with Crippen LogP contribution in [0.1, 0.15) is 28.8 Å². The molecule has 2 aliphatic heterocycles. The summed E-state index contributed by atoms with van der Waals surface area (Å²) in [7, 11) is 0. The minimum absolute atomic E-state index is 0.00546. The van der Waals surface area contributed by atoms with Crippen molar-refractivity contribution >= 4 is 23.6 Å². The fourth-order valence-electron chi connectivity index (χ4n) is 3.13. The number of carboxylic acid groups (broad SMARTS) is 1. The van der Waals surface area contributed by atoms with Gasteiger partial charge < -0.3 is 20.6 Å². The quantitative estimate of drug-likeness (QED) is 0.761. The number of piperidine rings is 1. The molecule has 0 spiro atoms. The van der Waals surface area contributed by atoms with Crippen LogP contribution in [0.3, 0.4) is 0 Å². The van der Waals surface area contributed by atoms with Gasteiger partial charge in [0.05, 0.1) is 11.6 Å². The van der Waals surface area contributed by atoms with Crippen molar-refractivity contribution in [1.29, 1.82) is 0 Å². The van der Waals surface area contributed by atoms with Crippen LogP contribution >= 0.6 is 0 Å². The molecule has 1 aromatic rings. The molecule has 0 aromatic heterocycles. The van der Waals surface area contributed by atoms with Crippen LogP contribution in [0.5, 0.6) is 0 Å². The van der Waals surface area contributed by atoms with Gasteiger partial charge in [0.25, 0.3) is 5.91 Å². The number of amides is 3. The second-order valence-electron chi connectivity index (χ2n) is 6.01. The minimum Gasteiger partial charge on any atom is -0.481 e. The van der Waals surface area contributed by atoms with E-state index in [2.05, 4.69) is 10.6 Å². The van der Waals surface area contributed by atoms with Crippen LogP contribution in [0, 0.1) is 11.7 Å². The van der Waals surface area contributed by atoms with Crippen LogP contribution in [0.4, 0.5) is 14.9 Å². The topological polar surface area (TPSA) is 98.7 Å². The summed E-state index contributed by atoms with van der Waals surface area (Å²) in [6.45, 7) is 0.896. The molecule has 1 saturated heterocycles. The summed E-state index contributed by atoms with van der Waals surface area (Å²) in [5.74, 6) is -2.46. The summed E-state index contributed by atoms with van der Waals surface area (Å²) < 4.78 is 14.6. The number of likely N-dealkylation sites (tertiary alicyclic amines) is 1. The van der Waals surface area contributed by atoms with Gasteiger partial charge >= 0.3 is 12.0 Å². The summed E-state index contributed by atoms with van der Waals surface area (Å²) in [6.07, 6.45) is 1.49. The third-order valence-electron chi connectivity index (χ3n) is 4.45. The number of rotatable bonds is 2. The number of benzene rings is 1. The zero-order valence-corrected chi connectivity index (χ0v) is 13.0. The summed E-state index contributed by atoms with van der Waals surface area (Å²) in [5, 5.41) is 14.2. The van der Waals surface area contributed by atoms with Gasteiger partial charge in [0.1, 0.15) is 0 Å². The molecule has 0 unspecified atom stereocenters. The Bertz CT molecular complexity index is 707. The highest BCUT2D eigenvalue weighted by atomic mass is 19.1. The number of nitrogens with one attached hydrogen (secondary N) is 2. The maximum absolute atomic E-state index is 14.6. The summed E-state index contributed by atoms with van der Waals surface area (Å²) in [6, 6.07) is 2.31. The SMILES string of the molecule is O=C1NCCc2c1ccc(NC(=O)N1CCC[C@H](C(=O)O)C1)c2F. The van der Waals surface area contributed by atoms with Gasteiger partial charge in [-0.3, -0.25) is 9.59 Å². The third-order valence-corrected chi connectivity index (χ3v) is 4.45. The number of carboxylic acids is 1. The maximum Gasteiger partial charge on any atom is 0.321 e. The van der Waals surface area contributed by atoms with Crippen molar-refractivity contribution < 1.29 is 23.9 Å². The lowest BCUT2D eigenvalue weighted by Gasteiger charge is -2.31. The first kappa shape index (κ1) is 16.2. The van der Waals surface area contributed by atoms with Crippen LogP contribution in [-0.4, -0.2) is 47.5 Å². The second-order valence-corrected chi connectivity index (χ2v) is 6.01. The fourth-order valence-corrected chi connectivity index (χ4v) is 3.13. The molecule has 3 rings (SSSR count). The normalized spacial score (nSPS) is 20.1. The standard InChI is InChI=1S/C16H18FN3O4/c17-13-10-5-6-18-14(21)11(10)3-4-12(13)19-16(24)20-7-1-2-9(8-20)15(22)23/h3-4,9H,1-2,5-8H2,(H,18,21)(H,19,24)(H,22,23)/t9-/m0/s1. The molecule has 8 heteroatoms. The first-order chi connectivity index (χ1) is 11.5. The van der Waals surface area contributed by atoms with Crippen LogP contribution in [0.15, 0.2) is 12.1 Å². The zero-order chi connectivity index (χ0) is 17.3. The summed E-state index contributed by atoms with van der Waals surface area (Å²) in [5.41, 5.74) is 0.574. The maximum atomic E-state index is 14.6. The van der Waals surface area contributed by atoms with Crippen LogP contribution in [0.25, 0.3) is 0 Å². The molecule has 24 heavy (non-hydrogen) atoms. The van der Waals surface area contributed by atoms with E-state index in [0.29, 0.717) is 37.9 Å². The molecule has 0 bridgehead atoms. The van der Waals surface area contributed by atoms with Crippen LogP contribution < -0.4 is 10.6 Å². The lowest BCUT2D eigenvalue weighted by atomic mass is 9.98. The van der Waals surface area contributed by atoms with Crippen molar-refractivity contribution in [3.63, 3.8) is 0 Å². The van der Waals surface area contributed by atoms with E-state index < -0.39 is 23.7 Å². The average Bonchev–Trinajstić information content (AvgIpc) is 2.58. The molecule has 3 amide bonds. The Balaban J connectivity index is 1.75. The Morgan fingerprint density at radius 1 is 1.38 bits per heavy atom. The highest BCUT2D eigenvalue weighted by Crippen LogP contribution is 2.25. The molecule has 1 fully saturated rings. The molecule has 1 atom stereocenters. The number of aliphatic carboxylic acids is 1. The average molecular weight is 335 g/mol. The highest BCUT2D eigenvalue weighted by molar-refractivity contribution is 5.98. The first-order valence-corrected chi connectivity index (χ1v) is 7.85. The molecule has 0 saturated carbocycles. The van der Waals surface area contributed by atoms with Gasteiger partial charge in [-0.15, -0.1) is 0 Å². The molecular weight excluding hydrogens is 317 g/mol. The molecule has 1 aromatic carbocycles. The number of anilines is 1. The van der Waals surface area contributed by atoms with Gasteiger partial charge in [-0.1, -0.05) is 0 Å². The zero-order valence-electron chi connectivity index (χ0n) is 13.0. The van der Waals surface area contributed by atoms with Gasteiger partial charge in [-0.05, 0) is 31.4 Å². The number of hydrogen-bond donors (Lipinski definition) is 3. The molecule has 0 aliphatic carbocycles. The van der Waals surface area contributed by atoms with Crippen molar-refractivity contribution in [2.24, 2.45) is 5.92 Å². The number of hydrogen-bond acceptors (Lipinski definition) is 3. The lowest BCUT2D eigenvalue weighted by Crippen LogP contribution is -2.44. The van der Waals surface area contributed by atoms with E-state index in [1.807, 2.05) is 0 Å². The van der Waals surface area contributed by atoms with Crippen molar-refractivity contribution in [2.75, 3.05) is 25.0 Å². The van der Waals surface area contributed by atoms with E-state index in [9.17, 15) is 18.8 Å². The third kappa shape index (κ3) is 3.04. The summed E-state index contributed by atoms with van der Waals surface area (Å²) in [4.78, 5) is 36.4. The van der Waals surface area contributed by atoms with Gasteiger partial charge in [-0.2, -0.15) is 0 Å². The lowest BCUT2D eigenvalue weighted by molar-refractivity contribution is -0.143. The predicted octanol–water partition coefficient (Wildman–Crippen LogP) is 1.44. The van der Waals surface area contributed by atoms with E-state index in [-0.39, 0.29) is 23.7 Å².